The summed E-state index contributed by atoms with van der Waals surface area (Å²) < 4.78 is 50.9. The normalized spacial score (nSPS) is 17.0. The highest BCUT2D eigenvalue weighted by Crippen LogP contribution is 2.40. The molecule has 9 nitrogen and oxygen atoms in total. The van der Waals surface area contributed by atoms with Gasteiger partial charge in [-0.05, 0) is 42.3 Å². The molecule has 2 aliphatic rings. The van der Waals surface area contributed by atoms with E-state index in [4.69, 9.17) is 9.15 Å². The van der Waals surface area contributed by atoms with Gasteiger partial charge in [0.25, 0.3) is 5.91 Å². The van der Waals surface area contributed by atoms with Crippen molar-refractivity contribution in [3.05, 3.63) is 64.1 Å². The summed E-state index contributed by atoms with van der Waals surface area (Å²) in [6.45, 7) is 1.83. The number of carbonyl (C=O) groups excluding carboxylic acids is 2. The van der Waals surface area contributed by atoms with E-state index in [0.29, 0.717) is 48.4 Å². The molecule has 0 radical (unpaired) electrons. The van der Waals surface area contributed by atoms with Gasteiger partial charge in [0.05, 0.1) is 5.52 Å². The van der Waals surface area contributed by atoms with Crippen LogP contribution >= 0.6 is 0 Å². The van der Waals surface area contributed by atoms with E-state index in [1.807, 2.05) is 0 Å². The van der Waals surface area contributed by atoms with Crippen molar-refractivity contribution in [1.82, 2.24) is 14.8 Å². The Hall–Kier alpha value is -3.96. The zero-order valence-electron chi connectivity index (χ0n) is 18.3. The number of amides is 2. The Morgan fingerprint density at radius 2 is 1.77 bits per heavy atom. The number of halogens is 3. The second kappa shape index (κ2) is 8.36. The van der Waals surface area contributed by atoms with Crippen molar-refractivity contribution in [2.45, 2.75) is 19.4 Å². The number of nitrogens with one attached hydrogen (secondary N) is 1. The molecule has 184 valence electrons. The van der Waals surface area contributed by atoms with Crippen molar-refractivity contribution >= 4 is 23.1 Å². The van der Waals surface area contributed by atoms with Gasteiger partial charge in [-0.25, -0.2) is 9.59 Å². The minimum Gasteiger partial charge on any atom is -0.445 e. The molecule has 0 saturated carbocycles. The van der Waals surface area contributed by atoms with Crippen LogP contribution in [-0.2, 0) is 11.3 Å². The Bertz CT molecular complexity index is 1320. The molecule has 1 N–H and O–H groups in total. The highest BCUT2D eigenvalue weighted by molar-refractivity contribution is 5.97. The van der Waals surface area contributed by atoms with Crippen LogP contribution in [0, 0.1) is 5.41 Å². The zero-order valence-corrected chi connectivity index (χ0v) is 18.3. The lowest BCUT2D eigenvalue weighted by molar-refractivity contribution is -0.274. The molecule has 5 rings (SSSR count). The van der Waals surface area contributed by atoms with Crippen molar-refractivity contribution in [1.29, 1.82) is 0 Å². The first-order valence-electron chi connectivity index (χ1n) is 10.8. The summed E-state index contributed by atoms with van der Waals surface area (Å²) in [6.07, 6.45) is -4.56. The number of benzene rings is 2. The summed E-state index contributed by atoms with van der Waals surface area (Å²) in [5, 5.41) is 0. The van der Waals surface area contributed by atoms with E-state index in [1.54, 1.807) is 21.9 Å². The molecule has 0 atom stereocenters. The van der Waals surface area contributed by atoms with Crippen LogP contribution in [0.5, 0.6) is 5.75 Å². The first kappa shape index (κ1) is 22.8. The summed E-state index contributed by atoms with van der Waals surface area (Å²) >= 11 is 0. The summed E-state index contributed by atoms with van der Waals surface area (Å²) in [5.74, 6) is -1.12. The third-order valence-electron chi connectivity index (χ3n) is 6.22. The number of rotatable bonds is 4. The molecule has 1 spiro atoms. The fourth-order valence-electron chi connectivity index (χ4n) is 4.54. The minimum atomic E-state index is -4.77. The van der Waals surface area contributed by atoms with Gasteiger partial charge in [-0.2, -0.15) is 0 Å². The Morgan fingerprint density at radius 3 is 2.49 bits per heavy atom. The van der Waals surface area contributed by atoms with Crippen LogP contribution in [0.2, 0.25) is 0 Å². The number of fused-ring (bicyclic) bond motifs is 1. The maximum absolute atomic E-state index is 12.8. The molecule has 3 heterocycles. The standard InChI is InChI=1S/C23H20F3N3O6/c24-23(25,26)35-16-4-1-14(2-5-16)10-33-21(32)28-8-7-22(11-28)12-29(13-22)19(30)15-3-6-17-18(9-15)34-20(31)27-17/h1-6,9H,7-8,10-13H2,(H,27,31). The topological polar surface area (TPSA) is 105 Å². The summed E-state index contributed by atoms with van der Waals surface area (Å²) in [7, 11) is 0. The minimum absolute atomic E-state index is 0.0863. The van der Waals surface area contributed by atoms with Gasteiger partial charge in [0.2, 0.25) is 0 Å². The lowest BCUT2D eigenvalue weighted by atomic mass is 9.78. The quantitative estimate of drug-likeness (QED) is 0.599. The average molecular weight is 491 g/mol. The second-order valence-electron chi connectivity index (χ2n) is 8.80. The van der Waals surface area contributed by atoms with Crippen molar-refractivity contribution in [2.75, 3.05) is 26.2 Å². The molecule has 3 aromatic rings. The summed E-state index contributed by atoms with van der Waals surface area (Å²) in [5.41, 5.74) is 1.57. The molecule has 35 heavy (non-hydrogen) atoms. The third kappa shape index (κ3) is 4.81. The number of likely N-dealkylation sites (tertiary alicyclic amines) is 2. The predicted molar refractivity (Wildman–Crippen MR) is 115 cm³/mol. The maximum atomic E-state index is 12.8. The van der Waals surface area contributed by atoms with Gasteiger partial charge in [0.1, 0.15) is 12.4 Å². The van der Waals surface area contributed by atoms with Crippen LogP contribution in [0.1, 0.15) is 22.3 Å². The molecule has 2 amide bonds. The lowest BCUT2D eigenvalue weighted by Gasteiger charge is -2.47. The molecule has 0 aliphatic carbocycles. The SMILES string of the molecule is O=C(OCc1ccc(OC(F)(F)F)cc1)N1CCC2(C1)CN(C(=O)c1ccc3[nH]c(=O)oc3c1)C2. The number of alkyl halides is 3. The van der Waals surface area contributed by atoms with E-state index in [2.05, 4.69) is 9.72 Å². The number of aromatic amines is 1. The van der Waals surface area contributed by atoms with Crippen LogP contribution in [0.4, 0.5) is 18.0 Å². The van der Waals surface area contributed by atoms with Crippen molar-refractivity contribution in [3.63, 3.8) is 0 Å². The van der Waals surface area contributed by atoms with Crippen molar-refractivity contribution in [2.24, 2.45) is 5.41 Å². The number of carbonyl (C=O) groups is 2. The van der Waals surface area contributed by atoms with E-state index in [0.717, 1.165) is 18.6 Å². The van der Waals surface area contributed by atoms with Gasteiger partial charge in [-0.15, -0.1) is 13.2 Å². The Balaban J connectivity index is 1.11. The molecular weight excluding hydrogens is 471 g/mol. The molecule has 2 aromatic carbocycles. The van der Waals surface area contributed by atoms with E-state index in [-0.39, 0.29) is 23.7 Å². The van der Waals surface area contributed by atoms with E-state index in [9.17, 15) is 27.6 Å². The highest BCUT2D eigenvalue weighted by atomic mass is 19.4. The predicted octanol–water partition coefficient (Wildman–Crippen LogP) is 3.50. The average Bonchev–Trinajstić information content (AvgIpc) is 3.39. The molecule has 0 bridgehead atoms. The number of nitrogens with zero attached hydrogens (tertiary/aromatic N) is 2. The summed E-state index contributed by atoms with van der Waals surface area (Å²) in [6, 6.07) is 9.87. The van der Waals surface area contributed by atoms with Crippen LogP contribution in [0.3, 0.4) is 0 Å². The van der Waals surface area contributed by atoms with Crippen LogP contribution in [0.15, 0.2) is 51.7 Å². The van der Waals surface area contributed by atoms with Gasteiger partial charge in [0.15, 0.2) is 5.58 Å². The fraction of sp³-hybridized carbons (Fsp3) is 0.348. The number of H-pyrrole nitrogens is 1. The van der Waals surface area contributed by atoms with E-state index < -0.39 is 18.2 Å². The Labute approximate surface area is 196 Å². The molecule has 2 fully saturated rings. The van der Waals surface area contributed by atoms with Crippen LogP contribution in [0.25, 0.3) is 11.1 Å². The van der Waals surface area contributed by atoms with Gasteiger partial charge in [-0.1, -0.05) is 12.1 Å². The molecular formula is C23H20F3N3O6. The van der Waals surface area contributed by atoms with Gasteiger partial charge in [-0.3, -0.25) is 9.78 Å². The van der Waals surface area contributed by atoms with Gasteiger partial charge < -0.3 is 23.7 Å². The zero-order chi connectivity index (χ0) is 24.8. The van der Waals surface area contributed by atoms with Gasteiger partial charge in [0, 0.05) is 37.2 Å². The van der Waals surface area contributed by atoms with Crippen molar-refractivity contribution in [3.8, 4) is 5.75 Å². The Morgan fingerprint density at radius 1 is 1.06 bits per heavy atom. The molecule has 1 aromatic heterocycles. The van der Waals surface area contributed by atoms with E-state index in [1.165, 1.54) is 18.2 Å². The number of oxazole rings is 1. The first-order chi connectivity index (χ1) is 16.6. The number of hydrogen-bond donors (Lipinski definition) is 1. The number of hydrogen-bond acceptors (Lipinski definition) is 6. The largest absolute Gasteiger partial charge is 0.573 e. The molecule has 2 saturated heterocycles. The third-order valence-corrected chi connectivity index (χ3v) is 6.22. The number of aromatic nitrogens is 1. The molecule has 12 heteroatoms. The van der Waals surface area contributed by atoms with Crippen molar-refractivity contribution < 1.29 is 36.7 Å². The molecule has 0 unspecified atom stereocenters. The van der Waals surface area contributed by atoms with Gasteiger partial charge >= 0.3 is 18.2 Å². The van der Waals surface area contributed by atoms with E-state index >= 15 is 0 Å². The van der Waals surface area contributed by atoms with Crippen LogP contribution < -0.4 is 10.5 Å². The fourth-order valence-corrected chi connectivity index (χ4v) is 4.54. The summed E-state index contributed by atoms with van der Waals surface area (Å²) in [4.78, 5) is 42.4. The number of ether oxygens (including phenoxy) is 2. The highest BCUT2D eigenvalue weighted by Gasteiger charge is 2.50. The lowest BCUT2D eigenvalue weighted by Crippen LogP contribution is -2.59. The maximum Gasteiger partial charge on any atom is 0.573 e. The Kier molecular flexibility index (Phi) is 5.45. The smallest absolute Gasteiger partial charge is 0.445 e. The molecule has 2 aliphatic heterocycles. The first-order valence-corrected chi connectivity index (χ1v) is 10.8. The second-order valence-corrected chi connectivity index (χ2v) is 8.80. The monoisotopic (exact) mass is 491 g/mol. The van der Waals surface area contributed by atoms with Crippen LogP contribution in [-0.4, -0.2) is 59.3 Å².